The fourth-order valence-electron chi connectivity index (χ4n) is 2.09. The smallest absolute Gasteiger partial charge is 0.319 e. The number of rotatable bonds is 6. The van der Waals surface area contributed by atoms with E-state index in [2.05, 4.69) is 21.3 Å². The number of nitrogens with one attached hydrogen (secondary N) is 4. The molecule has 0 aromatic heterocycles. The minimum Gasteiger partial charge on any atom is -0.350 e. The van der Waals surface area contributed by atoms with E-state index in [0.717, 1.165) is 0 Å². The number of halogens is 1. The lowest BCUT2D eigenvalue weighted by atomic mass is 10.2. The Morgan fingerprint density at radius 3 is 2.19 bits per heavy atom. The van der Waals surface area contributed by atoms with E-state index < -0.39 is 6.03 Å². The Labute approximate surface area is 156 Å². The molecule has 4 N–H and O–H groups in total. The van der Waals surface area contributed by atoms with Crippen LogP contribution in [0.25, 0.3) is 0 Å². The zero-order valence-corrected chi connectivity index (χ0v) is 14.9. The van der Waals surface area contributed by atoms with Crippen molar-refractivity contribution in [3.05, 3.63) is 59.1 Å². The molecule has 2 rings (SSSR count). The van der Waals surface area contributed by atoms with Crippen LogP contribution in [-0.2, 0) is 4.79 Å². The minimum absolute atomic E-state index is 0.177. The average molecular weight is 375 g/mol. The molecule has 0 heterocycles. The molecule has 7 nitrogen and oxygen atoms in total. The summed E-state index contributed by atoms with van der Waals surface area (Å²) < 4.78 is 0. The van der Waals surface area contributed by atoms with Gasteiger partial charge in [0.05, 0.1) is 10.7 Å². The van der Waals surface area contributed by atoms with Gasteiger partial charge in [0.15, 0.2) is 0 Å². The molecule has 136 valence electrons. The normalized spacial score (nSPS) is 9.92. The van der Waals surface area contributed by atoms with Gasteiger partial charge in [-0.1, -0.05) is 23.7 Å². The number of hydrogen-bond acceptors (Lipinski definition) is 3. The topological polar surface area (TPSA) is 99.3 Å². The highest BCUT2D eigenvalue weighted by Crippen LogP contribution is 2.19. The Kier molecular flexibility index (Phi) is 6.99. The van der Waals surface area contributed by atoms with Crippen molar-refractivity contribution in [3.8, 4) is 0 Å². The number of carbonyl (C=O) groups excluding carboxylic acids is 3. The summed E-state index contributed by atoms with van der Waals surface area (Å²) in [6, 6.07) is 13.0. The number of urea groups is 1. The van der Waals surface area contributed by atoms with E-state index in [9.17, 15) is 14.4 Å². The maximum atomic E-state index is 12.0. The van der Waals surface area contributed by atoms with E-state index in [4.69, 9.17) is 11.6 Å². The second kappa shape index (κ2) is 9.43. The molecule has 0 aliphatic carbocycles. The second-order valence-corrected chi connectivity index (χ2v) is 5.78. The summed E-state index contributed by atoms with van der Waals surface area (Å²) in [5.74, 6) is -0.448. The first-order chi connectivity index (χ1) is 12.5. The molecular weight excluding hydrogens is 356 g/mol. The maximum absolute atomic E-state index is 12.0. The number of benzene rings is 2. The summed E-state index contributed by atoms with van der Waals surface area (Å²) in [6.45, 7) is 1.93. The fourth-order valence-corrected chi connectivity index (χ4v) is 2.27. The van der Waals surface area contributed by atoms with Crippen LogP contribution in [0.15, 0.2) is 48.5 Å². The predicted molar refractivity (Wildman–Crippen MR) is 102 cm³/mol. The fraction of sp³-hybridized carbons (Fsp3) is 0.167. The first-order valence-corrected chi connectivity index (χ1v) is 8.29. The minimum atomic E-state index is -0.410. The molecule has 0 aliphatic rings. The van der Waals surface area contributed by atoms with Gasteiger partial charge >= 0.3 is 6.03 Å². The van der Waals surface area contributed by atoms with Crippen molar-refractivity contribution in [2.75, 3.05) is 23.7 Å². The van der Waals surface area contributed by atoms with E-state index >= 15 is 0 Å². The van der Waals surface area contributed by atoms with Crippen LogP contribution in [0.3, 0.4) is 0 Å². The third-order valence-electron chi connectivity index (χ3n) is 3.29. The number of hydrogen-bond donors (Lipinski definition) is 4. The van der Waals surface area contributed by atoms with Crippen molar-refractivity contribution in [3.63, 3.8) is 0 Å². The summed E-state index contributed by atoms with van der Waals surface area (Å²) in [5, 5.41) is 11.0. The molecule has 0 spiro atoms. The summed E-state index contributed by atoms with van der Waals surface area (Å²) in [4.78, 5) is 34.7. The number of anilines is 2. The second-order valence-electron chi connectivity index (χ2n) is 5.38. The third kappa shape index (κ3) is 6.10. The van der Waals surface area contributed by atoms with Gasteiger partial charge in [0.2, 0.25) is 5.91 Å². The van der Waals surface area contributed by atoms with Crippen LogP contribution in [0, 0.1) is 0 Å². The van der Waals surface area contributed by atoms with Gasteiger partial charge in [-0.2, -0.15) is 0 Å². The Hall–Kier alpha value is -3.06. The van der Waals surface area contributed by atoms with Crippen LogP contribution in [0.5, 0.6) is 0 Å². The monoisotopic (exact) mass is 374 g/mol. The Morgan fingerprint density at radius 1 is 0.885 bits per heavy atom. The highest BCUT2D eigenvalue weighted by atomic mass is 35.5. The Morgan fingerprint density at radius 2 is 1.54 bits per heavy atom. The zero-order valence-electron chi connectivity index (χ0n) is 14.1. The molecule has 26 heavy (non-hydrogen) atoms. The van der Waals surface area contributed by atoms with Gasteiger partial charge in [-0.15, -0.1) is 0 Å². The summed E-state index contributed by atoms with van der Waals surface area (Å²) in [5.41, 5.74) is 1.58. The quantitative estimate of drug-likeness (QED) is 0.585. The van der Waals surface area contributed by atoms with Crippen LogP contribution >= 0.6 is 11.6 Å². The zero-order chi connectivity index (χ0) is 18.9. The predicted octanol–water partition coefficient (Wildman–Crippen LogP) is 2.85. The molecule has 4 amide bonds. The lowest BCUT2D eigenvalue weighted by molar-refractivity contribution is -0.114. The van der Waals surface area contributed by atoms with Crippen molar-refractivity contribution in [2.45, 2.75) is 6.92 Å². The number of para-hydroxylation sites is 1. The highest BCUT2D eigenvalue weighted by molar-refractivity contribution is 6.33. The van der Waals surface area contributed by atoms with Gasteiger partial charge in [0.1, 0.15) is 0 Å². The molecule has 0 atom stereocenters. The molecule has 8 heteroatoms. The lowest BCUT2D eigenvalue weighted by Gasteiger charge is -2.10. The molecule has 2 aromatic rings. The van der Waals surface area contributed by atoms with Crippen LogP contribution in [-0.4, -0.2) is 30.9 Å². The standard InChI is InChI=1S/C18H19ClN4O3/c1-12(24)22-14-8-6-13(7-9-14)17(25)20-10-11-21-18(26)23-16-5-3-2-4-15(16)19/h2-9H,10-11H2,1H3,(H,20,25)(H,22,24)(H2,21,23,26). The van der Waals surface area contributed by atoms with E-state index in [-0.39, 0.29) is 24.9 Å². The van der Waals surface area contributed by atoms with Gasteiger partial charge in [0.25, 0.3) is 5.91 Å². The number of carbonyl (C=O) groups is 3. The lowest BCUT2D eigenvalue weighted by Crippen LogP contribution is -2.36. The Balaban J connectivity index is 1.72. The van der Waals surface area contributed by atoms with Crippen LogP contribution in [0.4, 0.5) is 16.2 Å². The summed E-state index contributed by atoms with van der Waals surface area (Å²) in [6.07, 6.45) is 0. The SMILES string of the molecule is CC(=O)Nc1ccc(C(=O)NCCNC(=O)Nc2ccccc2Cl)cc1. The highest BCUT2D eigenvalue weighted by Gasteiger charge is 2.07. The summed E-state index contributed by atoms with van der Waals surface area (Å²) >= 11 is 5.96. The molecule has 0 saturated heterocycles. The molecule has 2 aromatic carbocycles. The van der Waals surface area contributed by atoms with Crippen molar-refractivity contribution >= 4 is 40.8 Å². The molecule has 0 unspecified atom stereocenters. The van der Waals surface area contributed by atoms with E-state index in [1.807, 2.05) is 0 Å². The van der Waals surface area contributed by atoms with Gasteiger partial charge < -0.3 is 21.3 Å². The average Bonchev–Trinajstić information content (AvgIpc) is 2.60. The first-order valence-electron chi connectivity index (χ1n) is 7.91. The Bertz CT molecular complexity index is 793. The van der Waals surface area contributed by atoms with Gasteiger partial charge in [-0.25, -0.2) is 4.79 Å². The van der Waals surface area contributed by atoms with Gasteiger partial charge in [-0.3, -0.25) is 9.59 Å². The largest absolute Gasteiger partial charge is 0.350 e. The van der Waals surface area contributed by atoms with Crippen LogP contribution in [0.1, 0.15) is 17.3 Å². The van der Waals surface area contributed by atoms with Crippen molar-refractivity contribution in [1.82, 2.24) is 10.6 Å². The first kappa shape index (κ1) is 19.3. The van der Waals surface area contributed by atoms with E-state index in [0.29, 0.717) is 22.0 Å². The molecule has 0 bridgehead atoms. The molecule has 0 saturated carbocycles. The molecule has 0 radical (unpaired) electrons. The van der Waals surface area contributed by atoms with Gasteiger partial charge in [0, 0.05) is 31.3 Å². The van der Waals surface area contributed by atoms with E-state index in [1.54, 1.807) is 48.5 Å². The van der Waals surface area contributed by atoms with E-state index in [1.165, 1.54) is 6.92 Å². The molecular formula is C18H19ClN4O3. The van der Waals surface area contributed by atoms with Crippen LogP contribution < -0.4 is 21.3 Å². The van der Waals surface area contributed by atoms with Crippen LogP contribution in [0.2, 0.25) is 5.02 Å². The molecule has 0 fully saturated rings. The summed E-state index contributed by atoms with van der Waals surface area (Å²) in [7, 11) is 0. The maximum Gasteiger partial charge on any atom is 0.319 e. The van der Waals surface area contributed by atoms with Crippen molar-refractivity contribution in [2.24, 2.45) is 0 Å². The third-order valence-corrected chi connectivity index (χ3v) is 3.62. The molecule has 0 aliphatic heterocycles. The van der Waals surface area contributed by atoms with Crippen molar-refractivity contribution < 1.29 is 14.4 Å². The van der Waals surface area contributed by atoms with Crippen molar-refractivity contribution in [1.29, 1.82) is 0 Å². The van der Waals surface area contributed by atoms with Gasteiger partial charge in [-0.05, 0) is 36.4 Å². The number of amides is 4.